The van der Waals surface area contributed by atoms with Crippen molar-refractivity contribution in [1.29, 1.82) is 0 Å². The topological polar surface area (TPSA) is 72.9 Å². The summed E-state index contributed by atoms with van der Waals surface area (Å²) in [5.74, 6) is -0.503. The van der Waals surface area contributed by atoms with Crippen molar-refractivity contribution < 1.29 is 23.9 Å². The quantitative estimate of drug-likeness (QED) is 0.314. The van der Waals surface area contributed by atoms with Crippen molar-refractivity contribution in [2.24, 2.45) is 0 Å². The molecule has 3 aromatic rings. The van der Waals surface area contributed by atoms with Gasteiger partial charge in [-0.05, 0) is 76.9 Å². The van der Waals surface area contributed by atoms with Crippen LogP contribution in [-0.4, -0.2) is 24.4 Å². The van der Waals surface area contributed by atoms with Gasteiger partial charge in [-0.15, -0.1) is 0 Å². The number of carbonyl (C=O) groups is 3. The van der Waals surface area contributed by atoms with Crippen LogP contribution >= 0.6 is 15.9 Å². The number of fused-ring (bicyclic) bond motifs is 1. The van der Waals surface area contributed by atoms with Gasteiger partial charge in [-0.2, -0.15) is 0 Å². The van der Waals surface area contributed by atoms with Gasteiger partial charge in [0.15, 0.2) is 6.61 Å². The summed E-state index contributed by atoms with van der Waals surface area (Å²) < 4.78 is 11.5. The first kappa shape index (κ1) is 19.8. The molecular formula is C23H16BrNO5. The number of imide groups is 1. The molecule has 0 saturated heterocycles. The minimum absolute atomic E-state index is 0.262. The Morgan fingerprint density at radius 3 is 2.17 bits per heavy atom. The SMILES string of the molecule is Cc1ccc(OCC(=O)Oc2ccc(N3C(=O)c4ccccc4C3=O)cc2)c(Br)c1. The third-order valence-corrected chi connectivity index (χ3v) is 5.17. The second-order valence-corrected chi connectivity index (χ2v) is 7.54. The van der Waals surface area contributed by atoms with E-state index in [-0.39, 0.29) is 24.2 Å². The van der Waals surface area contributed by atoms with Crippen LogP contribution in [0.5, 0.6) is 11.5 Å². The van der Waals surface area contributed by atoms with Crippen LogP contribution in [0.3, 0.4) is 0 Å². The van der Waals surface area contributed by atoms with E-state index >= 15 is 0 Å². The molecule has 0 unspecified atom stereocenters. The molecule has 7 heteroatoms. The summed E-state index contributed by atoms with van der Waals surface area (Å²) in [5, 5.41) is 0. The van der Waals surface area contributed by atoms with Crippen LogP contribution in [0.15, 0.2) is 71.2 Å². The van der Waals surface area contributed by atoms with Crippen LogP contribution in [0.2, 0.25) is 0 Å². The number of hydrogen-bond acceptors (Lipinski definition) is 5. The number of esters is 1. The van der Waals surface area contributed by atoms with Gasteiger partial charge in [0.1, 0.15) is 11.5 Å². The summed E-state index contributed by atoms with van der Waals surface area (Å²) >= 11 is 3.39. The Morgan fingerprint density at radius 1 is 0.933 bits per heavy atom. The van der Waals surface area contributed by atoms with Crippen molar-refractivity contribution in [1.82, 2.24) is 0 Å². The molecular weight excluding hydrogens is 450 g/mol. The largest absolute Gasteiger partial charge is 0.481 e. The zero-order valence-corrected chi connectivity index (χ0v) is 17.5. The van der Waals surface area contributed by atoms with E-state index in [1.54, 1.807) is 42.5 Å². The molecule has 0 radical (unpaired) electrons. The number of aryl methyl sites for hydroxylation is 1. The van der Waals surface area contributed by atoms with Crippen molar-refractivity contribution in [3.05, 3.63) is 87.9 Å². The van der Waals surface area contributed by atoms with Gasteiger partial charge >= 0.3 is 5.97 Å². The number of halogens is 1. The summed E-state index contributed by atoms with van der Waals surface area (Å²) in [6.07, 6.45) is 0. The van der Waals surface area contributed by atoms with E-state index in [1.807, 2.05) is 19.1 Å². The van der Waals surface area contributed by atoms with Crippen molar-refractivity contribution in [2.75, 3.05) is 11.5 Å². The molecule has 30 heavy (non-hydrogen) atoms. The Balaban J connectivity index is 1.40. The van der Waals surface area contributed by atoms with Crippen LogP contribution < -0.4 is 14.4 Å². The Morgan fingerprint density at radius 2 is 1.57 bits per heavy atom. The first-order valence-corrected chi connectivity index (χ1v) is 9.91. The van der Waals surface area contributed by atoms with E-state index in [1.165, 1.54) is 12.1 Å². The monoisotopic (exact) mass is 465 g/mol. The van der Waals surface area contributed by atoms with Gasteiger partial charge < -0.3 is 9.47 Å². The zero-order valence-electron chi connectivity index (χ0n) is 15.9. The van der Waals surface area contributed by atoms with E-state index in [4.69, 9.17) is 9.47 Å². The van der Waals surface area contributed by atoms with Gasteiger partial charge in [-0.25, -0.2) is 9.69 Å². The number of amides is 2. The molecule has 0 bridgehead atoms. The fourth-order valence-electron chi connectivity index (χ4n) is 3.11. The van der Waals surface area contributed by atoms with Crippen molar-refractivity contribution in [3.8, 4) is 11.5 Å². The van der Waals surface area contributed by atoms with Gasteiger partial charge in [0.05, 0.1) is 21.3 Å². The Bertz CT molecular complexity index is 1120. The molecule has 1 aliphatic heterocycles. The maximum atomic E-state index is 12.5. The smallest absolute Gasteiger partial charge is 0.349 e. The second-order valence-electron chi connectivity index (χ2n) is 6.68. The first-order chi connectivity index (χ1) is 14.4. The number of hydrogen-bond donors (Lipinski definition) is 0. The lowest BCUT2D eigenvalue weighted by Crippen LogP contribution is -2.29. The third-order valence-electron chi connectivity index (χ3n) is 4.55. The molecule has 3 aromatic carbocycles. The van der Waals surface area contributed by atoms with E-state index in [9.17, 15) is 14.4 Å². The summed E-state index contributed by atoms with van der Waals surface area (Å²) in [4.78, 5) is 38.3. The lowest BCUT2D eigenvalue weighted by molar-refractivity contribution is -0.136. The maximum absolute atomic E-state index is 12.5. The van der Waals surface area contributed by atoms with Gasteiger partial charge in [0, 0.05) is 0 Å². The number of ether oxygens (including phenoxy) is 2. The molecule has 2 amide bonds. The van der Waals surface area contributed by atoms with Crippen molar-refractivity contribution in [2.45, 2.75) is 6.92 Å². The molecule has 1 aliphatic rings. The predicted molar refractivity (Wildman–Crippen MR) is 114 cm³/mol. The van der Waals surface area contributed by atoms with Crippen LogP contribution in [-0.2, 0) is 4.79 Å². The van der Waals surface area contributed by atoms with Crippen LogP contribution in [0, 0.1) is 6.92 Å². The molecule has 0 spiro atoms. The molecule has 0 aromatic heterocycles. The lowest BCUT2D eigenvalue weighted by Gasteiger charge is -2.14. The minimum atomic E-state index is -0.573. The molecule has 0 fully saturated rings. The highest BCUT2D eigenvalue weighted by molar-refractivity contribution is 9.10. The Hall–Kier alpha value is -3.45. The summed E-state index contributed by atoms with van der Waals surface area (Å²) in [5.41, 5.74) is 2.21. The molecule has 0 N–H and O–H groups in total. The number of benzene rings is 3. The predicted octanol–water partition coefficient (Wildman–Crippen LogP) is 4.54. The Labute approximate surface area is 181 Å². The highest BCUT2D eigenvalue weighted by Gasteiger charge is 2.36. The summed E-state index contributed by atoms with van der Waals surface area (Å²) in [6.45, 7) is 1.69. The molecule has 4 rings (SSSR count). The molecule has 0 saturated carbocycles. The molecule has 0 aliphatic carbocycles. The average molecular weight is 466 g/mol. The highest BCUT2D eigenvalue weighted by Crippen LogP contribution is 2.29. The average Bonchev–Trinajstić information content (AvgIpc) is 2.99. The zero-order chi connectivity index (χ0) is 21.3. The standard InChI is InChI=1S/C23H16BrNO5/c1-14-6-11-20(19(24)12-14)29-13-21(26)30-16-9-7-15(8-10-16)25-22(27)17-4-2-3-5-18(17)23(25)28/h2-12H,13H2,1H3. The van der Waals surface area contributed by atoms with Crippen LogP contribution in [0.25, 0.3) is 0 Å². The molecule has 6 nitrogen and oxygen atoms in total. The van der Waals surface area contributed by atoms with E-state index in [2.05, 4.69) is 15.9 Å². The first-order valence-electron chi connectivity index (χ1n) is 9.11. The van der Waals surface area contributed by atoms with Crippen LogP contribution in [0.1, 0.15) is 26.3 Å². The minimum Gasteiger partial charge on any atom is -0.481 e. The van der Waals surface area contributed by atoms with Crippen LogP contribution in [0.4, 0.5) is 5.69 Å². The van der Waals surface area contributed by atoms with Gasteiger partial charge in [0.25, 0.3) is 11.8 Å². The lowest BCUT2D eigenvalue weighted by atomic mass is 10.1. The number of anilines is 1. The van der Waals surface area contributed by atoms with E-state index < -0.39 is 5.97 Å². The van der Waals surface area contributed by atoms with Crippen molar-refractivity contribution >= 4 is 39.4 Å². The fourth-order valence-corrected chi connectivity index (χ4v) is 3.72. The molecule has 1 heterocycles. The number of nitrogens with zero attached hydrogens (tertiary/aromatic N) is 1. The van der Waals surface area contributed by atoms with Crippen molar-refractivity contribution in [3.63, 3.8) is 0 Å². The third kappa shape index (κ3) is 3.84. The Kier molecular flexibility index (Phi) is 5.37. The molecule has 0 atom stereocenters. The summed E-state index contributed by atoms with van der Waals surface area (Å²) in [6, 6.07) is 18.4. The highest BCUT2D eigenvalue weighted by atomic mass is 79.9. The van der Waals surface area contributed by atoms with E-state index in [0.29, 0.717) is 22.6 Å². The maximum Gasteiger partial charge on any atom is 0.349 e. The fraction of sp³-hybridized carbons (Fsp3) is 0.0870. The number of carbonyl (C=O) groups excluding carboxylic acids is 3. The molecule has 150 valence electrons. The van der Waals surface area contributed by atoms with Gasteiger partial charge in [-0.1, -0.05) is 18.2 Å². The second kappa shape index (κ2) is 8.12. The summed E-state index contributed by atoms with van der Waals surface area (Å²) in [7, 11) is 0. The van der Waals surface area contributed by atoms with Gasteiger partial charge in [-0.3, -0.25) is 9.59 Å². The number of rotatable bonds is 5. The normalized spacial score (nSPS) is 12.7. The van der Waals surface area contributed by atoms with E-state index in [0.717, 1.165) is 14.9 Å². The van der Waals surface area contributed by atoms with Gasteiger partial charge in [0.2, 0.25) is 0 Å².